The number of hydrogen-bond acceptors (Lipinski definition) is 5. The molecule has 1 atom stereocenters. The van der Waals surface area contributed by atoms with E-state index in [-0.39, 0.29) is 35.0 Å². The van der Waals surface area contributed by atoms with Crippen molar-refractivity contribution < 1.29 is 37.0 Å². The lowest BCUT2D eigenvalue weighted by Crippen LogP contribution is -2.36. The number of likely N-dealkylation sites (N-methyl/N-ethyl adjacent to an activating group) is 1. The van der Waals surface area contributed by atoms with Crippen molar-refractivity contribution in [1.29, 1.82) is 0 Å². The second kappa shape index (κ2) is 9.29. The molecule has 0 radical (unpaired) electrons. The third-order valence-electron chi connectivity index (χ3n) is 5.67. The largest absolute Gasteiger partial charge is 0.573 e. The van der Waals surface area contributed by atoms with Gasteiger partial charge in [0.25, 0.3) is 11.8 Å². The molecule has 2 aromatic carbocycles. The van der Waals surface area contributed by atoms with Crippen molar-refractivity contribution in [2.24, 2.45) is 0 Å². The summed E-state index contributed by atoms with van der Waals surface area (Å²) < 4.78 is 46.8. The lowest BCUT2D eigenvalue weighted by Gasteiger charge is -2.18. The number of fused-ring (bicyclic) bond motifs is 1. The van der Waals surface area contributed by atoms with E-state index in [0.29, 0.717) is 30.8 Å². The summed E-state index contributed by atoms with van der Waals surface area (Å²) in [5.41, 5.74) is 1.71. The molecule has 1 unspecified atom stereocenters. The monoisotopic (exact) mass is 511 g/mol. The summed E-state index contributed by atoms with van der Waals surface area (Å²) >= 11 is 5.85. The molecule has 12 heteroatoms. The van der Waals surface area contributed by atoms with Crippen molar-refractivity contribution in [1.82, 2.24) is 9.80 Å². The molecule has 2 aliphatic heterocycles. The first-order valence-electron chi connectivity index (χ1n) is 10.6. The second-order valence-electron chi connectivity index (χ2n) is 8.32. The molecular formula is C23H21ClF3N3O5. The average molecular weight is 512 g/mol. The third kappa shape index (κ3) is 5.29. The predicted octanol–water partition coefficient (Wildman–Crippen LogP) is 3.47. The lowest BCUT2D eigenvalue weighted by atomic mass is 10.1. The summed E-state index contributed by atoms with van der Waals surface area (Å²) in [5, 5.41) is -0.309. The standard InChI is InChI=1S/C23H21ClF3N3O5/c1-28(2)20(31)12-29-11-13-3-4-14(9-16(13)21(29)32)30-8-7-19(22(30)33)34-15-5-6-18(17(24)10-15)35-23(25,26)27/h3-6,9-10,19H,7-8,11-12H2,1-2H3. The number of alkyl halides is 3. The number of carbonyl (C=O) groups excluding carboxylic acids is 3. The molecule has 0 saturated carbocycles. The van der Waals surface area contributed by atoms with Crippen molar-refractivity contribution in [3.05, 3.63) is 52.5 Å². The molecular weight excluding hydrogens is 491 g/mol. The van der Waals surface area contributed by atoms with Crippen LogP contribution >= 0.6 is 11.6 Å². The van der Waals surface area contributed by atoms with E-state index in [1.165, 1.54) is 20.8 Å². The minimum Gasteiger partial charge on any atom is -0.480 e. The van der Waals surface area contributed by atoms with E-state index in [4.69, 9.17) is 16.3 Å². The van der Waals surface area contributed by atoms with Gasteiger partial charge in [0.15, 0.2) is 6.10 Å². The first kappa shape index (κ1) is 24.6. The number of carbonyl (C=O) groups is 3. The summed E-state index contributed by atoms with van der Waals surface area (Å²) in [6.07, 6.45) is -5.44. The number of amides is 3. The van der Waals surface area contributed by atoms with Crippen LogP contribution in [0.15, 0.2) is 36.4 Å². The number of anilines is 1. The number of halogens is 4. The summed E-state index contributed by atoms with van der Waals surface area (Å²) in [6.45, 7) is 0.592. The van der Waals surface area contributed by atoms with Crippen LogP contribution in [0.4, 0.5) is 18.9 Å². The van der Waals surface area contributed by atoms with Gasteiger partial charge in [-0.2, -0.15) is 0 Å². The van der Waals surface area contributed by atoms with Crippen LogP contribution in [0.1, 0.15) is 22.3 Å². The van der Waals surface area contributed by atoms with Crippen molar-refractivity contribution in [3.63, 3.8) is 0 Å². The Kier molecular flexibility index (Phi) is 6.54. The van der Waals surface area contributed by atoms with Crippen LogP contribution in [0.3, 0.4) is 0 Å². The van der Waals surface area contributed by atoms with Gasteiger partial charge < -0.3 is 24.2 Å². The van der Waals surface area contributed by atoms with Crippen LogP contribution in [0.5, 0.6) is 11.5 Å². The first-order valence-corrected chi connectivity index (χ1v) is 11.0. The molecule has 2 heterocycles. The van der Waals surface area contributed by atoms with Gasteiger partial charge in [0.1, 0.15) is 18.0 Å². The zero-order valence-corrected chi connectivity index (χ0v) is 19.5. The molecule has 2 aliphatic rings. The fraction of sp³-hybridized carbons (Fsp3) is 0.348. The summed E-state index contributed by atoms with van der Waals surface area (Å²) in [4.78, 5) is 42.1. The van der Waals surface area contributed by atoms with Gasteiger partial charge in [0.05, 0.1) is 5.02 Å². The molecule has 0 aromatic heterocycles. The number of hydrogen-bond donors (Lipinski definition) is 0. The average Bonchev–Trinajstić information content (AvgIpc) is 3.28. The summed E-state index contributed by atoms with van der Waals surface area (Å²) in [6, 6.07) is 8.50. The first-order chi connectivity index (χ1) is 16.4. The van der Waals surface area contributed by atoms with Gasteiger partial charge in [-0.25, -0.2) is 0 Å². The number of nitrogens with zero attached hydrogens (tertiary/aromatic N) is 3. The number of ether oxygens (including phenoxy) is 2. The Balaban J connectivity index is 1.44. The highest BCUT2D eigenvalue weighted by atomic mass is 35.5. The van der Waals surface area contributed by atoms with Gasteiger partial charge in [0, 0.05) is 50.9 Å². The fourth-order valence-corrected chi connectivity index (χ4v) is 4.10. The topological polar surface area (TPSA) is 79.4 Å². The molecule has 1 fully saturated rings. The Labute approximate surface area is 203 Å². The normalized spacial score (nSPS) is 17.6. The van der Waals surface area contributed by atoms with E-state index in [1.54, 1.807) is 32.3 Å². The highest BCUT2D eigenvalue weighted by Crippen LogP contribution is 2.35. The van der Waals surface area contributed by atoms with Crippen LogP contribution < -0.4 is 14.4 Å². The highest BCUT2D eigenvalue weighted by molar-refractivity contribution is 6.32. The van der Waals surface area contributed by atoms with Gasteiger partial charge >= 0.3 is 6.36 Å². The Bertz CT molecular complexity index is 1190. The summed E-state index contributed by atoms with van der Waals surface area (Å²) in [7, 11) is 3.23. The van der Waals surface area contributed by atoms with Crippen LogP contribution in [0, 0.1) is 0 Å². The maximum Gasteiger partial charge on any atom is 0.573 e. The van der Waals surface area contributed by atoms with E-state index in [9.17, 15) is 27.6 Å². The minimum absolute atomic E-state index is 0.0379. The number of benzene rings is 2. The molecule has 0 spiro atoms. The van der Waals surface area contributed by atoms with Gasteiger partial charge in [-0.05, 0) is 29.8 Å². The van der Waals surface area contributed by atoms with E-state index in [1.807, 2.05) is 0 Å². The van der Waals surface area contributed by atoms with E-state index in [0.717, 1.165) is 17.7 Å². The number of rotatable bonds is 6. The van der Waals surface area contributed by atoms with Gasteiger partial charge in [-0.1, -0.05) is 17.7 Å². The van der Waals surface area contributed by atoms with Crippen LogP contribution in [-0.2, 0) is 16.1 Å². The zero-order valence-electron chi connectivity index (χ0n) is 18.8. The van der Waals surface area contributed by atoms with Gasteiger partial charge in [0.2, 0.25) is 5.91 Å². The van der Waals surface area contributed by atoms with Crippen LogP contribution in [0.25, 0.3) is 0 Å². The fourth-order valence-electron chi connectivity index (χ4n) is 3.90. The third-order valence-corrected chi connectivity index (χ3v) is 5.97. The molecule has 0 N–H and O–H groups in total. The molecule has 35 heavy (non-hydrogen) atoms. The van der Waals surface area contributed by atoms with Crippen molar-refractivity contribution >= 4 is 35.0 Å². The summed E-state index contributed by atoms with van der Waals surface area (Å²) in [5.74, 6) is -1.29. The minimum atomic E-state index is -4.88. The van der Waals surface area contributed by atoms with Gasteiger partial charge in [-0.3, -0.25) is 14.4 Å². The second-order valence-corrected chi connectivity index (χ2v) is 8.72. The van der Waals surface area contributed by atoms with E-state index < -0.39 is 18.2 Å². The van der Waals surface area contributed by atoms with Crippen molar-refractivity contribution in [2.45, 2.75) is 25.4 Å². The molecule has 0 bridgehead atoms. The Morgan fingerprint density at radius 1 is 1.17 bits per heavy atom. The maximum absolute atomic E-state index is 13.0. The van der Waals surface area contributed by atoms with Crippen LogP contribution in [0.2, 0.25) is 5.02 Å². The van der Waals surface area contributed by atoms with Crippen molar-refractivity contribution in [3.8, 4) is 11.5 Å². The molecule has 8 nitrogen and oxygen atoms in total. The Morgan fingerprint density at radius 3 is 2.57 bits per heavy atom. The molecule has 4 rings (SSSR count). The van der Waals surface area contributed by atoms with Crippen molar-refractivity contribution in [2.75, 3.05) is 32.1 Å². The Morgan fingerprint density at radius 2 is 1.91 bits per heavy atom. The Hall–Kier alpha value is -3.47. The molecule has 0 aliphatic carbocycles. The lowest BCUT2D eigenvalue weighted by molar-refractivity contribution is -0.274. The van der Waals surface area contributed by atoms with E-state index in [2.05, 4.69) is 4.74 Å². The molecule has 1 saturated heterocycles. The maximum atomic E-state index is 13.0. The predicted molar refractivity (Wildman–Crippen MR) is 119 cm³/mol. The van der Waals surface area contributed by atoms with E-state index >= 15 is 0 Å². The molecule has 3 amide bonds. The SMILES string of the molecule is CN(C)C(=O)CN1Cc2ccc(N3CCC(Oc4ccc(OC(F)(F)F)c(Cl)c4)C3=O)cc2C1=O. The smallest absolute Gasteiger partial charge is 0.480 e. The zero-order chi connectivity index (χ0) is 25.5. The van der Waals surface area contributed by atoms with Crippen LogP contribution in [-0.4, -0.2) is 67.2 Å². The quantitative estimate of drug-likeness (QED) is 0.593. The highest BCUT2D eigenvalue weighted by Gasteiger charge is 2.37. The molecule has 2 aromatic rings. The molecule has 186 valence electrons. The van der Waals surface area contributed by atoms with Gasteiger partial charge in [-0.15, -0.1) is 13.2 Å².